The van der Waals surface area contributed by atoms with Gasteiger partial charge in [-0.1, -0.05) is 83.3 Å². The van der Waals surface area contributed by atoms with Gasteiger partial charge in [-0.3, -0.25) is 4.79 Å². The molecule has 0 radical (unpaired) electrons. The topological polar surface area (TPSA) is 57.5 Å². The maximum Gasteiger partial charge on any atom is 0.303 e. The first-order valence-corrected chi connectivity index (χ1v) is 11.0. The van der Waals surface area contributed by atoms with Crippen molar-refractivity contribution < 1.29 is 15.0 Å². The monoisotopic (exact) mass is 402 g/mol. The largest absolute Gasteiger partial charge is 0.481 e. The van der Waals surface area contributed by atoms with Gasteiger partial charge in [0.1, 0.15) is 47.1 Å². The average Bonchev–Trinajstić information content (AvgIpc) is 2.62. The minimum Gasteiger partial charge on any atom is -0.481 e. The zero-order chi connectivity index (χ0) is 23.5. The van der Waals surface area contributed by atoms with E-state index in [1.165, 1.54) is 0 Å². The lowest BCUT2D eigenvalue weighted by Gasteiger charge is -2.23. The molecule has 2 N–H and O–H groups in total. The van der Waals surface area contributed by atoms with E-state index in [9.17, 15) is 9.90 Å². The zero-order valence-electron chi connectivity index (χ0n) is 20.4. The molecule has 0 spiro atoms. The molecule has 156 valence electrons. The van der Waals surface area contributed by atoms with Gasteiger partial charge in [-0.2, -0.15) is 0 Å². The molecule has 0 saturated carbocycles. The quantitative estimate of drug-likeness (QED) is 0.211. The molecule has 1 atom stereocenters. The van der Waals surface area contributed by atoms with Gasteiger partial charge < -0.3 is 10.2 Å². The summed E-state index contributed by atoms with van der Waals surface area (Å²) in [5.74, 6) is -0.789. The highest BCUT2D eigenvalue weighted by Crippen LogP contribution is 2.30. The first kappa shape index (κ1) is 28.6. The molecule has 10 heteroatoms. The number of unbranched alkanes of at least 4 members (excludes halogenated alkanes) is 1. The van der Waals surface area contributed by atoms with Crippen LogP contribution in [0.3, 0.4) is 0 Å². The highest BCUT2D eigenvalue weighted by molar-refractivity contribution is 6.45. The van der Waals surface area contributed by atoms with Crippen molar-refractivity contribution in [3.63, 3.8) is 0 Å². The predicted molar refractivity (Wildman–Crippen MR) is 150 cm³/mol. The van der Waals surface area contributed by atoms with Gasteiger partial charge in [0, 0.05) is 6.42 Å². The van der Waals surface area contributed by atoms with E-state index in [-0.39, 0.29) is 22.1 Å². The van der Waals surface area contributed by atoms with Crippen LogP contribution in [0, 0.1) is 0 Å². The van der Waals surface area contributed by atoms with Crippen LogP contribution in [0.5, 0.6) is 0 Å². The zero-order valence-corrected chi connectivity index (χ0v) is 20.4. The molecule has 0 aromatic rings. The van der Waals surface area contributed by atoms with E-state index in [0.717, 1.165) is 6.42 Å². The summed E-state index contributed by atoms with van der Waals surface area (Å²) in [6.45, 7) is 2.14. The molecule has 0 bridgehead atoms. The number of aliphatic hydroxyl groups is 1. The van der Waals surface area contributed by atoms with Crippen molar-refractivity contribution in [1.82, 2.24) is 0 Å². The van der Waals surface area contributed by atoms with Crippen LogP contribution in [0.4, 0.5) is 0 Å². The summed E-state index contributed by atoms with van der Waals surface area (Å²) < 4.78 is 0. The van der Waals surface area contributed by atoms with Crippen LogP contribution in [0.1, 0.15) is 32.6 Å². The van der Waals surface area contributed by atoms with Gasteiger partial charge in [0.25, 0.3) is 0 Å². The fourth-order valence-electron chi connectivity index (χ4n) is 2.58. The molecule has 0 amide bonds. The van der Waals surface area contributed by atoms with Crippen LogP contribution in [0.2, 0.25) is 15.6 Å². The third-order valence-electron chi connectivity index (χ3n) is 4.74. The molecular weight excluding hydrogens is 364 g/mol. The van der Waals surface area contributed by atoms with Gasteiger partial charge in [0.2, 0.25) is 0 Å². The Kier molecular flexibility index (Phi) is 11.9. The highest BCUT2D eigenvalue weighted by Gasteiger charge is 2.18. The molecule has 0 aliphatic rings. The van der Waals surface area contributed by atoms with E-state index >= 15 is 0 Å². The van der Waals surface area contributed by atoms with E-state index in [1.54, 1.807) is 20.0 Å². The lowest BCUT2D eigenvalue weighted by atomic mass is 9.48. The molecule has 0 aromatic carbocycles. The van der Waals surface area contributed by atoms with Gasteiger partial charge in [-0.05, 0) is 19.3 Å². The van der Waals surface area contributed by atoms with Crippen LogP contribution in [-0.4, -0.2) is 76.6 Å². The van der Waals surface area contributed by atoms with E-state index in [2.05, 4.69) is 90.5 Å². The maximum atomic E-state index is 10.5. The summed E-state index contributed by atoms with van der Waals surface area (Å²) in [5, 5.41) is 18.9. The molecule has 3 nitrogen and oxygen atoms in total. The Morgan fingerprint density at radius 1 is 0.733 bits per heavy atom. The Bertz CT molecular complexity index is 691. The molecular formula is C20H37B7O3. The van der Waals surface area contributed by atoms with Crippen molar-refractivity contribution in [1.29, 1.82) is 0 Å². The summed E-state index contributed by atoms with van der Waals surface area (Å²) >= 11 is 0. The molecule has 0 aromatic heterocycles. The second kappa shape index (κ2) is 12.4. The number of hydrogen-bond acceptors (Lipinski definition) is 2. The van der Waals surface area contributed by atoms with Crippen LogP contribution in [-0.2, 0) is 4.79 Å². The molecule has 0 aliphatic carbocycles. The summed E-state index contributed by atoms with van der Waals surface area (Å²) in [6.07, 6.45) is 23.1. The molecule has 0 fully saturated rings. The van der Waals surface area contributed by atoms with Crippen molar-refractivity contribution in [3.05, 3.63) is 60.8 Å². The third kappa shape index (κ3) is 15.4. The molecule has 0 aliphatic heterocycles. The Labute approximate surface area is 190 Å². The summed E-state index contributed by atoms with van der Waals surface area (Å²) in [5.41, 5.74) is -1.06. The van der Waals surface area contributed by atoms with Crippen molar-refractivity contribution in [2.24, 2.45) is 0 Å². The predicted octanol–water partition coefficient (Wildman–Crippen LogP) is -2.10. The van der Waals surface area contributed by atoms with E-state index < -0.39 is 11.5 Å². The minimum atomic E-state index is -1.06. The van der Waals surface area contributed by atoms with Gasteiger partial charge in [-0.25, -0.2) is 0 Å². The van der Waals surface area contributed by atoms with Gasteiger partial charge in [-0.15, -0.1) is 0 Å². The summed E-state index contributed by atoms with van der Waals surface area (Å²) in [4.78, 5) is 10.5. The summed E-state index contributed by atoms with van der Waals surface area (Å²) in [6, 6.07) is 0. The lowest BCUT2D eigenvalue weighted by Crippen LogP contribution is -2.23. The molecule has 1 unspecified atom stereocenters. The first-order valence-electron chi connectivity index (χ1n) is 11.0. The molecule has 0 saturated heterocycles. The maximum absolute atomic E-state index is 10.5. The standard InChI is InChI=1S/C20H37B7O3/c1-2-3-8-17(21,22)10-11-18(23,24)12-13-19(25,26)14-15-20(27,30)9-6-4-5-7-16(28)29/h3,6,8-15,30H,2,4-5,7,21-27H2,1H3,(H,28,29)/b8-3-,9-6-,11-10-,13-12-,15-14-. The Balaban J connectivity index is 5.01. The second-order valence-corrected chi connectivity index (χ2v) is 10.2. The Morgan fingerprint density at radius 3 is 1.60 bits per heavy atom. The average molecular weight is 401 g/mol. The third-order valence-corrected chi connectivity index (χ3v) is 4.74. The van der Waals surface area contributed by atoms with Gasteiger partial charge in [0.05, 0.1) is 5.50 Å². The van der Waals surface area contributed by atoms with Gasteiger partial charge >= 0.3 is 5.97 Å². The van der Waals surface area contributed by atoms with E-state index in [0.29, 0.717) is 12.8 Å². The van der Waals surface area contributed by atoms with Crippen molar-refractivity contribution in [2.75, 3.05) is 0 Å². The lowest BCUT2D eigenvalue weighted by molar-refractivity contribution is -0.137. The van der Waals surface area contributed by atoms with Crippen molar-refractivity contribution in [3.8, 4) is 0 Å². The Morgan fingerprint density at radius 2 is 1.17 bits per heavy atom. The van der Waals surface area contributed by atoms with Crippen LogP contribution in [0.15, 0.2) is 60.8 Å². The summed E-state index contributed by atoms with van der Waals surface area (Å²) in [7, 11) is 14.7. The second-order valence-electron chi connectivity index (χ2n) is 10.2. The fraction of sp³-hybridized carbons (Fsp3) is 0.450. The fourth-order valence-corrected chi connectivity index (χ4v) is 2.58. The van der Waals surface area contributed by atoms with E-state index in [4.69, 9.17) is 5.11 Å². The number of aliphatic carboxylic acids is 1. The highest BCUT2D eigenvalue weighted by atomic mass is 16.4. The van der Waals surface area contributed by atoms with Crippen LogP contribution >= 0.6 is 0 Å². The van der Waals surface area contributed by atoms with E-state index in [1.807, 2.05) is 12.2 Å². The Hall–Kier alpha value is -1.42. The number of allylic oxidation sites excluding steroid dienone is 8. The SMILES string of the molecule is BC(B)(/C=C\CC)/C=C\C(B)(B)/C=C\C(B)(B)/C=C\C(B)(O)/C=C\CCCC(=O)O. The number of rotatable bonds is 13. The number of hydrogen-bond donors (Lipinski definition) is 2. The number of carboxylic acids is 1. The normalized spacial score (nSPS) is 16.3. The van der Waals surface area contributed by atoms with Crippen LogP contribution in [0.25, 0.3) is 0 Å². The first-order chi connectivity index (χ1) is 13.6. The minimum absolute atomic E-state index is 0.0338. The smallest absolute Gasteiger partial charge is 0.303 e. The van der Waals surface area contributed by atoms with Crippen molar-refractivity contribution >= 4 is 60.9 Å². The number of carboxylic acid groups (broad SMARTS) is 1. The molecule has 30 heavy (non-hydrogen) atoms. The number of carbonyl (C=O) groups is 1. The van der Waals surface area contributed by atoms with Crippen LogP contribution < -0.4 is 0 Å². The van der Waals surface area contributed by atoms with Gasteiger partial charge in [0.15, 0.2) is 7.85 Å². The van der Waals surface area contributed by atoms with Crippen molar-refractivity contribution in [2.45, 2.75) is 53.7 Å². The molecule has 0 heterocycles. The molecule has 0 rings (SSSR count).